The molecule has 4 nitrogen and oxygen atoms in total. The van der Waals surface area contributed by atoms with E-state index in [1.54, 1.807) is 0 Å². The van der Waals surface area contributed by atoms with Crippen LogP contribution in [0, 0.1) is 7.05 Å². The zero-order valence-electron chi connectivity index (χ0n) is 5.94. The van der Waals surface area contributed by atoms with Crippen LogP contribution < -0.4 is 10.6 Å². The third-order valence-electron chi connectivity index (χ3n) is 1.06. The lowest BCUT2D eigenvalue weighted by Gasteiger charge is -1.97. The Kier molecular flexibility index (Phi) is 4.28. The molecule has 0 spiro atoms. The van der Waals surface area contributed by atoms with E-state index in [0.29, 0.717) is 0 Å². The third-order valence-corrected chi connectivity index (χ3v) is 1.06. The SMILES string of the molecule is [CH2]NC(=O)CCC(=O)NC. The van der Waals surface area contributed by atoms with Gasteiger partial charge in [-0.2, -0.15) is 0 Å². The van der Waals surface area contributed by atoms with Crippen molar-refractivity contribution in [3.05, 3.63) is 7.05 Å². The molecule has 0 bridgehead atoms. The number of hydrogen-bond donors (Lipinski definition) is 2. The van der Waals surface area contributed by atoms with Gasteiger partial charge in [0, 0.05) is 26.9 Å². The van der Waals surface area contributed by atoms with E-state index in [1.165, 1.54) is 7.05 Å². The Morgan fingerprint density at radius 2 is 1.80 bits per heavy atom. The fraction of sp³-hybridized carbons (Fsp3) is 0.500. The van der Waals surface area contributed by atoms with Gasteiger partial charge in [-0.3, -0.25) is 9.59 Å². The van der Waals surface area contributed by atoms with Gasteiger partial charge in [0.2, 0.25) is 11.8 Å². The standard InChI is InChI=1S/C6H11N2O2/c1-7-5(9)3-4-6(10)8-2/h1,3-4H2,2H3,(H,7,9)(H,8,10). The molecule has 0 aliphatic carbocycles. The molecule has 0 atom stereocenters. The van der Waals surface area contributed by atoms with Crippen LogP contribution in [-0.2, 0) is 9.59 Å². The highest BCUT2D eigenvalue weighted by Crippen LogP contribution is 1.86. The van der Waals surface area contributed by atoms with E-state index in [1.807, 2.05) is 0 Å². The summed E-state index contributed by atoms with van der Waals surface area (Å²) in [6.07, 6.45) is 0.418. The molecule has 4 heteroatoms. The van der Waals surface area contributed by atoms with Crippen molar-refractivity contribution in [2.75, 3.05) is 7.05 Å². The molecule has 2 N–H and O–H groups in total. The first kappa shape index (κ1) is 8.94. The molecule has 1 radical (unpaired) electrons. The van der Waals surface area contributed by atoms with E-state index in [-0.39, 0.29) is 24.7 Å². The van der Waals surface area contributed by atoms with Crippen molar-refractivity contribution >= 4 is 11.8 Å². The van der Waals surface area contributed by atoms with Crippen LogP contribution in [0.4, 0.5) is 0 Å². The van der Waals surface area contributed by atoms with Crippen molar-refractivity contribution in [1.29, 1.82) is 0 Å². The Morgan fingerprint density at radius 1 is 1.30 bits per heavy atom. The second-order valence-electron chi connectivity index (χ2n) is 1.77. The van der Waals surface area contributed by atoms with Gasteiger partial charge in [0.15, 0.2) is 0 Å². The van der Waals surface area contributed by atoms with Crippen molar-refractivity contribution in [2.24, 2.45) is 0 Å². The fourth-order valence-electron chi connectivity index (χ4n) is 0.440. The van der Waals surface area contributed by atoms with Gasteiger partial charge in [0.25, 0.3) is 0 Å². The summed E-state index contributed by atoms with van der Waals surface area (Å²) < 4.78 is 0. The molecule has 57 valence electrons. The summed E-state index contributed by atoms with van der Waals surface area (Å²) in [5.74, 6) is -0.354. The van der Waals surface area contributed by atoms with E-state index in [9.17, 15) is 9.59 Å². The van der Waals surface area contributed by atoms with Crippen LogP contribution >= 0.6 is 0 Å². The van der Waals surface area contributed by atoms with Gasteiger partial charge in [-0.05, 0) is 0 Å². The molecular weight excluding hydrogens is 132 g/mol. The average Bonchev–Trinajstić information content (AvgIpc) is 1.99. The van der Waals surface area contributed by atoms with E-state index in [2.05, 4.69) is 17.7 Å². The van der Waals surface area contributed by atoms with Crippen molar-refractivity contribution in [3.8, 4) is 0 Å². The Labute approximate surface area is 60.0 Å². The number of carbonyl (C=O) groups excluding carboxylic acids is 2. The number of hydrogen-bond acceptors (Lipinski definition) is 2. The van der Waals surface area contributed by atoms with Gasteiger partial charge in [0.1, 0.15) is 0 Å². The first-order valence-corrected chi connectivity index (χ1v) is 2.97. The van der Waals surface area contributed by atoms with Crippen LogP contribution in [0.2, 0.25) is 0 Å². The lowest BCUT2D eigenvalue weighted by atomic mass is 10.3. The van der Waals surface area contributed by atoms with Gasteiger partial charge < -0.3 is 10.6 Å². The van der Waals surface area contributed by atoms with Gasteiger partial charge in [0.05, 0.1) is 0 Å². The zero-order valence-corrected chi connectivity index (χ0v) is 5.94. The largest absolute Gasteiger partial charge is 0.359 e. The molecule has 0 aromatic carbocycles. The highest BCUT2D eigenvalue weighted by Gasteiger charge is 2.01. The second kappa shape index (κ2) is 4.78. The van der Waals surface area contributed by atoms with Crippen molar-refractivity contribution in [2.45, 2.75) is 12.8 Å². The molecule has 0 unspecified atom stereocenters. The van der Waals surface area contributed by atoms with E-state index < -0.39 is 0 Å². The second-order valence-corrected chi connectivity index (χ2v) is 1.77. The van der Waals surface area contributed by atoms with Crippen molar-refractivity contribution in [3.63, 3.8) is 0 Å². The topological polar surface area (TPSA) is 58.2 Å². The van der Waals surface area contributed by atoms with Crippen LogP contribution in [0.3, 0.4) is 0 Å². The average molecular weight is 143 g/mol. The zero-order chi connectivity index (χ0) is 7.98. The minimum Gasteiger partial charge on any atom is -0.359 e. The van der Waals surface area contributed by atoms with Crippen LogP contribution in [0.1, 0.15) is 12.8 Å². The number of nitrogens with one attached hydrogen (secondary N) is 2. The van der Waals surface area contributed by atoms with E-state index in [4.69, 9.17) is 0 Å². The summed E-state index contributed by atoms with van der Waals surface area (Å²) >= 11 is 0. The minimum atomic E-state index is -0.219. The maximum absolute atomic E-state index is 10.5. The molecule has 2 amide bonds. The minimum absolute atomic E-state index is 0.136. The predicted octanol–water partition coefficient (Wildman–Crippen LogP) is -0.580. The maximum Gasteiger partial charge on any atom is 0.220 e. The summed E-state index contributed by atoms with van der Waals surface area (Å²) in [5.41, 5.74) is 0. The number of carbonyl (C=O) groups is 2. The van der Waals surface area contributed by atoms with Gasteiger partial charge in [-0.1, -0.05) is 0 Å². The number of amides is 2. The summed E-state index contributed by atoms with van der Waals surface area (Å²) in [4.78, 5) is 21.0. The van der Waals surface area contributed by atoms with E-state index in [0.717, 1.165) is 0 Å². The summed E-state index contributed by atoms with van der Waals surface area (Å²) in [6, 6.07) is 0. The van der Waals surface area contributed by atoms with Crippen molar-refractivity contribution < 1.29 is 9.59 Å². The molecule has 0 aliphatic rings. The molecular formula is C6H11N2O2. The Bertz CT molecular complexity index is 118. The van der Waals surface area contributed by atoms with E-state index >= 15 is 0 Å². The molecule has 0 saturated heterocycles. The molecule has 0 aromatic heterocycles. The quantitative estimate of drug-likeness (QED) is 0.555. The molecule has 0 saturated carbocycles. The predicted molar refractivity (Wildman–Crippen MR) is 36.8 cm³/mol. The fourth-order valence-corrected chi connectivity index (χ4v) is 0.440. The van der Waals surface area contributed by atoms with Gasteiger partial charge in [-0.15, -0.1) is 0 Å². The van der Waals surface area contributed by atoms with Crippen molar-refractivity contribution in [1.82, 2.24) is 10.6 Å². The Hall–Kier alpha value is -1.06. The first-order chi connectivity index (χ1) is 4.70. The number of rotatable bonds is 3. The smallest absolute Gasteiger partial charge is 0.220 e. The van der Waals surface area contributed by atoms with Gasteiger partial charge >= 0.3 is 0 Å². The maximum atomic E-state index is 10.5. The van der Waals surface area contributed by atoms with Crippen LogP contribution in [-0.4, -0.2) is 18.9 Å². The lowest BCUT2D eigenvalue weighted by Crippen LogP contribution is -2.22. The molecule has 0 heterocycles. The van der Waals surface area contributed by atoms with Gasteiger partial charge in [-0.25, -0.2) is 0 Å². The van der Waals surface area contributed by atoms with Crippen LogP contribution in [0.15, 0.2) is 0 Å². The third kappa shape index (κ3) is 3.88. The first-order valence-electron chi connectivity index (χ1n) is 2.97. The molecule has 0 aliphatic heterocycles. The normalized spacial score (nSPS) is 8.60. The summed E-state index contributed by atoms with van der Waals surface area (Å²) in [7, 11) is 4.69. The highest BCUT2D eigenvalue weighted by atomic mass is 16.2. The van der Waals surface area contributed by atoms with Crippen LogP contribution in [0.25, 0.3) is 0 Å². The molecule has 0 fully saturated rings. The molecule has 10 heavy (non-hydrogen) atoms. The molecule has 0 rings (SSSR count). The van der Waals surface area contributed by atoms with Crippen LogP contribution in [0.5, 0.6) is 0 Å². The summed E-state index contributed by atoms with van der Waals surface area (Å²) in [5, 5.41) is 4.58. The highest BCUT2D eigenvalue weighted by molar-refractivity contribution is 5.83. The summed E-state index contributed by atoms with van der Waals surface area (Å²) in [6.45, 7) is 0. The Balaban J connectivity index is 3.35. The lowest BCUT2D eigenvalue weighted by molar-refractivity contribution is -0.125. The molecule has 0 aromatic rings. The Morgan fingerprint density at radius 3 is 2.20 bits per heavy atom. The monoisotopic (exact) mass is 143 g/mol.